The Labute approximate surface area is 130 Å². The van der Waals surface area contributed by atoms with Crippen LogP contribution < -0.4 is 4.74 Å². The summed E-state index contributed by atoms with van der Waals surface area (Å²) >= 11 is 0. The zero-order valence-electron chi connectivity index (χ0n) is 12.3. The van der Waals surface area contributed by atoms with E-state index in [4.69, 9.17) is 4.74 Å². The Bertz CT molecular complexity index is 748. The molecule has 8 heteroatoms. The number of rotatable bonds is 4. The van der Waals surface area contributed by atoms with Gasteiger partial charge in [0.25, 0.3) is 0 Å². The van der Waals surface area contributed by atoms with Gasteiger partial charge in [0.05, 0.1) is 19.1 Å². The highest BCUT2D eigenvalue weighted by Crippen LogP contribution is 2.32. The first kappa shape index (κ1) is 15.4. The first-order valence-corrected chi connectivity index (χ1v) is 7.02. The molecule has 1 atom stereocenters. The number of methoxy groups -OCH3 is 1. The van der Waals surface area contributed by atoms with Crippen LogP contribution >= 0.6 is 0 Å². The van der Waals surface area contributed by atoms with Crippen LogP contribution in [0.25, 0.3) is 0 Å². The summed E-state index contributed by atoms with van der Waals surface area (Å²) in [5.41, 5.74) is 1.15. The Morgan fingerprint density at radius 2 is 2.30 bits per heavy atom. The summed E-state index contributed by atoms with van der Waals surface area (Å²) < 4.78 is 32.7. The molecular formula is C15H15F2N3O3. The summed E-state index contributed by atoms with van der Waals surface area (Å²) in [6.07, 6.45) is 1.99. The van der Waals surface area contributed by atoms with Gasteiger partial charge in [0.1, 0.15) is 5.75 Å². The number of aromatic amines is 1. The second-order valence-corrected chi connectivity index (χ2v) is 5.27. The molecule has 0 spiro atoms. The number of imidazole rings is 1. The van der Waals surface area contributed by atoms with E-state index in [1.165, 1.54) is 19.5 Å². The summed E-state index contributed by atoms with van der Waals surface area (Å²) in [5, 5.41) is 9.51. The van der Waals surface area contributed by atoms with Crippen molar-refractivity contribution < 1.29 is 23.4 Å². The molecule has 0 saturated carbocycles. The van der Waals surface area contributed by atoms with Gasteiger partial charge in [-0.2, -0.15) is 0 Å². The Morgan fingerprint density at radius 1 is 1.52 bits per heavy atom. The van der Waals surface area contributed by atoms with Gasteiger partial charge in [-0.05, 0) is 12.1 Å². The van der Waals surface area contributed by atoms with E-state index in [2.05, 4.69) is 9.97 Å². The van der Waals surface area contributed by atoms with Gasteiger partial charge in [0, 0.05) is 30.8 Å². The lowest BCUT2D eigenvalue weighted by atomic mass is 10.0. The Balaban J connectivity index is 1.97. The number of hydrogen-bond acceptors (Lipinski definition) is 4. The van der Waals surface area contributed by atoms with E-state index >= 15 is 0 Å². The molecule has 0 fully saturated rings. The third-order valence-corrected chi connectivity index (χ3v) is 3.99. The normalized spacial score (nSPS) is 17.8. The molecule has 0 radical (unpaired) electrons. The number of aromatic nitrogens is 2. The van der Waals surface area contributed by atoms with Gasteiger partial charge < -0.3 is 14.8 Å². The standard InChI is InChI=1S/C15H15F2N3O3/c1-23-11-3-2-9(16)12(17)8(11)6-20-5-4-10-13(19-7-18-10)14(20)15(21)22/h2-3,7,14H,4-6H2,1H3,(H,18,19)(H,21,22). The van der Waals surface area contributed by atoms with Crippen LogP contribution in [0.3, 0.4) is 0 Å². The second-order valence-electron chi connectivity index (χ2n) is 5.27. The van der Waals surface area contributed by atoms with Crippen LogP contribution in [0, 0.1) is 11.6 Å². The lowest BCUT2D eigenvalue weighted by Crippen LogP contribution is -2.39. The lowest BCUT2D eigenvalue weighted by Gasteiger charge is -2.32. The van der Waals surface area contributed by atoms with Crippen molar-refractivity contribution >= 4 is 5.97 Å². The summed E-state index contributed by atoms with van der Waals surface area (Å²) in [7, 11) is 1.35. The van der Waals surface area contributed by atoms with Gasteiger partial charge in [-0.25, -0.2) is 13.8 Å². The van der Waals surface area contributed by atoms with Crippen LogP contribution in [0.5, 0.6) is 5.75 Å². The fourth-order valence-corrected chi connectivity index (χ4v) is 2.88. The smallest absolute Gasteiger partial charge is 0.327 e. The summed E-state index contributed by atoms with van der Waals surface area (Å²) in [6, 6.07) is 1.29. The van der Waals surface area contributed by atoms with Crippen LogP contribution in [0.1, 0.15) is 23.0 Å². The SMILES string of the molecule is COc1ccc(F)c(F)c1CN1CCc2[nH]cnc2C1C(=O)O. The Morgan fingerprint density at radius 3 is 3.00 bits per heavy atom. The topological polar surface area (TPSA) is 78.5 Å². The molecule has 0 aliphatic carbocycles. The summed E-state index contributed by atoms with van der Waals surface area (Å²) in [6.45, 7) is 0.293. The summed E-state index contributed by atoms with van der Waals surface area (Å²) in [4.78, 5) is 20.1. The monoisotopic (exact) mass is 323 g/mol. The molecule has 6 nitrogen and oxygen atoms in total. The fourth-order valence-electron chi connectivity index (χ4n) is 2.88. The van der Waals surface area contributed by atoms with E-state index in [1.807, 2.05) is 0 Å². The van der Waals surface area contributed by atoms with Crippen molar-refractivity contribution in [1.29, 1.82) is 0 Å². The molecule has 1 aromatic carbocycles. The molecule has 1 aromatic heterocycles. The number of hydrogen-bond donors (Lipinski definition) is 2. The van der Waals surface area contributed by atoms with Crippen molar-refractivity contribution in [1.82, 2.24) is 14.9 Å². The quantitative estimate of drug-likeness (QED) is 0.898. The highest BCUT2D eigenvalue weighted by molar-refractivity contribution is 5.75. The highest BCUT2D eigenvalue weighted by atomic mass is 19.2. The van der Waals surface area contributed by atoms with E-state index in [9.17, 15) is 18.7 Å². The maximum Gasteiger partial charge on any atom is 0.327 e. The molecule has 1 unspecified atom stereocenters. The number of benzene rings is 1. The van der Waals surface area contributed by atoms with Crippen molar-refractivity contribution in [3.05, 3.63) is 47.0 Å². The van der Waals surface area contributed by atoms with Crippen LogP contribution in [0.15, 0.2) is 18.5 Å². The van der Waals surface area contributed by atoms with Crippen LogP contribution in [0.2, 0.25) is 0 Å². The average Bonchev–Trinajstić information content (AvgIpc) is 2.99. The third-order valence-electron chi connectivity index (χ3n) is 3.99. The molecule has 2 heterocycles. The van der Waals surface area contributed by atoms with E-state index in [-0.39, 0.29) is 17.9 Å². The zero-order valence-corrected chi connectivity index (χ0v) is 12.3. The minimum atomic E-state index is -1.09. The molecule has 122 valence electrons. The van der Waals surface area contributed by atoms with Gasteiger partial charge >= 0.3 is 5.97 Å². The van der Waals surface area contributed by atoms with Crippen LogP contribution in [0.4, 0.5) is 8.78 Å². The second kappa shape index (κ2) is 5.96. The van der Waals surface area contributed by atoms with Crippen LogP contribution in [-0.4, -0.2) is 39.6 Å². The summed E-state index contributed by atoms with van der Waals surface area (Å²) in [5.74, 6) is -2.93. The first-order valence-electron chi connectivity index (χ1n) is 7.02. The van der Waals surface area contributed by atoms with Crippen molar-refractivity contribution in [2.75, 3.05) is 13.7 Å². The number of nitrogens with zero attached hydrogens (tertiary/aromatic N) is 2. The number of ether oxygens (including phenoxy) is 1. The molecule has 0 bridgehead atoms. The maximum absolute atomic E-state index is 14.1. The van der Waals surface area contributed by atoms with Crippen molar-refractivity contribution in [3.8, 4) is 5.75 Å². The minimum absolute atomic E-state index is 0.00210. The van der Waals surface area contributed by atoms with Gasteiger partial charge in [-0.3, -0.25) is 9.69 Å². The maximum atomic E-state index is 14.1. The van der Waals surface area contributed by atoms with E-state index in [1.54, 1.807) is 4.90 Å². The van der Waals surface area contributed by atoms with E-state index in [0.717, 1.165) is 11.8 Å². The number of carboxylic acids is 1. The zero-order chi connectivity index (χ0) is 16.6. The Hall–Kier alpha value is -2.48. The number of fused-ring (bicyclic) bond motifs is 1. The molecule has 0 saturated heterocycles. The largest absolute Gasteiger partial charge is 0.496 e. The van der Waals surface area contributed by atoms with Gasteiger partial charge in [0.2, 0.25) is 0 Å². The lowest BCUT2D eigenvalue weighted by molar-refractivity contribution is -0.144. The molecule has 1 aliphatic heterocycles. The molecule has 2 N–H and O–H groups in total. The number of halogens is 2. The van der Waals surface area contributed by atoms with Gasteiger partial charge in [-0.15, -0.1) is 0 Å². The highest BCUT2D eigenvalue weighted by Gasteiger charge is 2.36. The fraction of sp³-hybridized carbons (Fsp3) is 0.333. The molecule has 23 heavy (non-hydrogen) atoms. The predicted molar refractivity (Wildman–Crippen MR) is 76.0 cm³/mol. The number of carboxylic acid groups (broad SMARTS) is 1. The predicted octanol–water partition coefficient (Wildman–Crippen LogP) is 1.88. The third kappa shape index (κ3) is 2.65. The van der Waals surface area contributed by atoms with Crippen LogP contribution in [-0.2, 0) is 17.8 Å². The molecule has 0 amide bonds. The van der Waals surface area contributed by atoms with Gasteiger partial charge in [-0.1, -0.05) is 0 Å². The molecular weight excluding hydrogens is 308 g/mol. The minimum Gasteiger partial charge on any atom is -0.496 e. The number of H-pyrrole nitrogens is 1. The average molecular weight is 323 g/mol. The molecule has 3 rings (SSSR count). The van der Waals surface area contributed by atoms with Crippen molar-refractivity contribution in [2.45, 2.75) is 19.0 Å². The number of aliphatic carboxylic acids is 1. The first-order chi connectivity index (χ1) is 11.0. The van der Waals surface area contributed by atoms with Gasteiger partial charge in [0.15, 0.2) is 17.7 Å². The van der Waals surface area contributed by atoms with E-state index < -0.39 is 23.6 Å². The molecule has 1 aliphatic rings. The number of carbonyl (C=O) groups is 1. The molecule has 2 aromatic rings. The van der Waals surface area contributed by atoms with Crippen molar-refractivity contribution in [2.24, 2.45) is 0 Å². The number of nitrogens with one attached hydrogen (secondary N) is 1. The Kier molecular flexibility index (Phi) is 3.99. The van der Waals surface area contributed by atoms with E-state index in [0.29, 0.717) is 18.7 Å². The van der Waals surface area contributed by atoms with Crippen molar-refractivity contribution in [3.63, 3.8) is 0 Å².